The Morgan fingerprint density at radius 3 is 2.32 bits per heavy atom. The molecule has 0 aromatic heterocycles. The molecular weight excluding hydrogens is 336 g/mol. The second-order valence-electron chi connectivity index (χ2n) is 7.72. The molecule has 1 amide bonds. The number of carbonyl (C=O) groups is 1. The summed E-state index contributed by atoms with van der Waals surface area (Å²) >= 11 is 6.01. The van der Waals surface area contributed by atoms with Gasteiger partial charge in [0.25, 0.3) is 0 Å². The van der Waals surface area contributed by atoms with Gasteiger partial charge in [0.2, 0.25) is 5.91 Å². The van der Waals surface area contributed by atoms with E-state index in [-0.39, 0.29) is 23.4 Å². The zero-order valence-electron chi connectivity index (χ0n) is 15.6. The van der Waals surface area contributed by atoms with Crippen molar-refractivity contribution in [2.75, 3.05) is 20.1 Å². The van der Waals surface area contributed by atoms with Gasteiger partial charge in [-0.1, -0.05) is 30.2 Å². The van der Waals surface area contributed by atoms with Crippen LogP contribution in [0.4, 0.5) is 0 Å². The molecular formula is C19H29ClN4O. The van der Waals surface area contributed by atoms with Crippen molar-refractivity contribution in [1.29, 1.82) is 0 Å². The van der Waals surface area contributed by atoms with Crippen molar-refractivity contribution < 1.29 is 4.79 Å². The van der Waals surface area contributed by atoms with Gasteiger partial charge in [0.1, 0.15) is 0 Å². The first-order valence-electron chi connectivity index (χ1n) is 8.76. The van der Waals surface area contributed by atoms with E-state index in [1.807, 2.05) is 32.9 Å². The van der Waals surface area contributed by atoms with Crippen molar-refractivity contribution in [3.8, 4) is 0 Å². The second kappa shape index (κ2) is 8.09. The molecule has 0 saturated heterocycles. The molecule has 1 aliphatic carbocycles. The van der Waals surface area contributed by atoms with Gasteiger partial charge < -0.3 is 16.0 Å². The van der Waals surface area contributed by atoms with Crippen molar-refractivity contribution >= 4 is 23.5 Å². The average molecular weight is 365 g/mol. The Labute approximate surface area is 155 Å². The molecule has 5 nitrogen and oxygen atoms in total. The van der Waals surface area contributed by atoms with Gasteiger partial charge >= 0.3 is 0 Å². The first-order chi connectivity index (χ1) is 11.7. The molecule has 2 rings (SSSR count). The lowest BCUT2D eigenvalue weighted by Gasteiger charge is -2.43. The topological polar surface area (TPSA) is 65.5 Å². The second-order valence-corrected chi connectivity index (χ2v) is 8.15. The number of halogens is 1. The van der Waals surface area contributed by atoms with Gasteiger partial charge in [-0.25, -0.2) is 0 Å². The first kappa shape index (κ1) is 19.6. The fourth-order valence-corrected chi connectivity index (χ4v) is 3.20. The van der Waals surface area contributed by atoms with Crippen LogP contribution in [0.1, 0.15) is 45.6 Å². The molecule has 6 heteroatoms. The number of aliphatic imine (C=N–C) groups is 1. The number of nitrogens with one attached hydrogen (secondary N) is 3. The lowest BCUT2D eigenvalue weighted by atomic mass is 9.64. The van der Waals surface area contributed by atoms with Crippen LogP contribution in [0.15, 0.2) is 29.3 Å². The fourth-order valence-electron chi connectivity index (χ4n) is 3.07. The molecule has 0 radical (unpaired) electrons. The van der Waals surface area contributed by atoms with E-state index in [0.29, 0.717) is 5.96 Å². The minimum Gasteiger partial charge on any atom is -0.356 e. The molecule has 0 unspecified atom stereocenters. The molecule has 3 N–H and O–H groups in total. The highest BCUT2D eigenvalue weighted by molar-refractivity contribution is 6.30. The van der Waals surface area contributed by atoms with Crippen LogP contribution < -0.4 is 16.0 Å². The van der Waals surface area contributed by atoms with Gasteiger partial charge in [-0.05, 0) is 51.3 Å². The van der Waals surface area contributed by atoms with Crippen LogP contribution in [0, 0.1) is 0 Å². The number of carbonyl (C=O) groups excluding carboxylic acids is 1. The van der Waals surface area contributed by atoms with Crippen molar-refractivity contribution in [2.45, 2.75) is 51.0 Å². The molecule has 0 aliphatic heterocycles. The fraction of sp³-hybridized carbons (Fsp3) is 0.579. The van der Waals surface area contributed by atoms with Crippen LogP contribution in [0.3, 0.4) is 0 Å². The summed E-state index contributed by atoms with van der Waals surface area (Å²) in [6, 6.07) is 8.11. The molecule has 1 fully saturated rings. The predicted molar refractivity (Wildman–Crippen MR) is 104 cm³/mol. The van der Waals surface area contributed by atoms with Crippen LogP contribution in [-0.4, -0.2) is 37.5 Å². The monoisotopic (exact) mass is 364 g/mol. The summed E-state index contributed by atoms with van der Waals surface area (Å²) in [4.78, 5) is 16.2. The summed E-state index contributed by atoms with van der Waals surface area (Å²) in [6.45, 7) is 6.87. The van der Waals surface area contributed by atoms with E-state index in [9.17, 15) is 4.79 Å². The highest BCUT2D eigenvalue weighted by atomic mass is 35.5. The molecule has 25 heavy (non-hydrogen) atoms. The van der Waals surface area contributed by atoms with E-state index < -0.39 is 0 Å². The average Bonchev–Trinajstić information content (AvgIpc) is 2.49. The zero-order chi connectivity index (χ0) is 18.5. The lowest BCUT2D eigenvalue weighted by molar-refractivity contribution is -0.121. The summed E-state index contributed by atoms with van der Waals surface area (Å²) in [7, 11) is 1.72. The summed E-state index contributed by atoms with van der Waals surface area (Å²) in [5.74, 6) is 0.593. The minimum atomic E-state index is -0.236. The molecule has 0 heterocycles. The van der Waals surface area contributed by atoms with Crippen molar-refractivity contribution in [3.63, 3.8) is 0 Å². The molecule has 0 atom stereocenters. The number of benzene rings is 1. The van der Waals surface area contributed by atoms with Crippen LogP contribution in [0.25, 0.3) is 0 Å². The molecule has 0 bridgehead atoms. The third-order valence-corrected chi connectivity index (χ3v) is 4.77. The Morgan fingerprint density at radius 1 is 1.20 bits per heavy atom. The normalized spacial score (nSPS) is 16.8. The van der Waals surface area contributed by atoms with E-state index in [1.165, 1.54) is 12.0 Å². The number of guanidine groups is 1. The number of amides is 1. The quantitative estimate of drug-likeness (QED) is 0.556. The highest BCUT2D eigenvalue weighted by Gasteiger charge is 2.38. The van der Waals surface area contributed by atoms with Crippen molar-refractivity contribution in [2.24, 2.45) is 4.99 Å². The third-order valence-electron chi connectivity index (χ3n) is 4.52. The van der Waals surface area contributed by atoms with Gasteiger partial charge in [0.15, 0.2) is 5.96 Å². The molecule has 1 aromatic rings. The first-order valence-corrected chi connectivity index (χ1v) is 9.13. The van der Waals surface area contributed by atoms with Gasteiger partial charge in [0.05, 0.1) is 6.54 Å². The Bertz CT molecular complexity index is 615. The van der Waals surface area contributed by atoms with Gasteiger partial charge in [-0.15, -0.1) is 0 Å². The van der Waals surface area contributed by atoms with E-state index in [0.717, 1.165) is 24.4 Å². The highest BCUT2D eigenvalue weighted by Crippen LogP contribution is 2.43. The summed E-state index contributed by atoms with van der Waals surface area (Å²) < 4.78 is 0. The number of hydrogen-bond acceptors (Lipinski definition) is 2. The molecule has 1 aliphatic rings. The smallest absolute Gasteiger partial charge is 0.239 e. The molecule has 0 spiro atoms. The molecule has 1 aromatic carbocycles. The maximum atomic E-state index is 11.9. The van der Waals surface area contributed by atoms with Crippen molar-refractivity contribution in [3.05, 3.63) is 34.9 Å². The summed E-state index contributed by atoms with van der Waals surface area (Å²) in [5.41, 5.74) is 1.19. The largest absolute Gasteiger partial charge is 0.356 e. The lowest BCUT2D eigenvalue weighted by Crippen LogP contribution is -2.51. The van der Waals surface area contributed by atoms with Crippen LogP contribution in [0.2, 0.25) is 5.02 Å². The minimum absolute atomic E-state index is 0.0495. The van der Waals surface area contributed by atoms with E-state index >= 15 is 0 Å². The zero-order valence-corrected chi connectivity index (χ0v) is 16.3. The Hall–Kier alpha value is -1.75. The van der Waals surface area contributed by atoms with E-state index in [2.05, 4.69) is 33.1 Å². The predicted octanol–water partition coefficient (Wildman–Crippen LogP) is 2.84. The summed E-state index contributed by atoms with van der Waals surface area (Å²) in [6.07, 6.45) is 3.51. The molecule has 1 saturated carbocycles. The number of hydrogen-bond donors (Lipinski definition) is 3. The van der Waals surface area contributed by atoms with Crippen LogP contribution in [0.5, 0.6) is 0 Å². The standard InChI is InChI=1S/C19H29ClN4O/c1-18(2,3)24-16(25)12-22-17(21-4)23-13-19(10-5-11-19)14-6-8-15(20)9-7-14/h6-9H,5,10-13H2,1-4H3,(H,24,25)(H2,21,22,23). The SMILES string of the molecule is CN=C(NCC(=O)NC(C)(C)C)NCC1(c2ccc(Cl)cc2)CCC1. The Morgan fingerprint density at radius 2 is 1.84 bits per heavy atom. The van der Waals surface area contributed by atoms with E-state index in [1.54, 1.807) is 7.05 Å². The summed E-state index contributed by atoms with van der Waals surface area (Å²) in [5, 5.41) is 10.1. The Kier molecular flexibility index (Phi) is 6.33. The Balaban J connectivity index is 1.89. The van der Waals surface area contributed by atoms with Crippen LogP contribution >= 0.6 is 11.6 Å². The van der Waals surface area contributed by atoms with E-state index in [4.69, 9.17) is 11.6 Å². The number of rotatable bonds is 5. The van der Waals surface area contributed by atoms with Gasteiger partial charge in [0, 0.05) is 29.6 Å². The maximum Gasteiger partial charge on any atom is 0.239 e. The third kappa shape index (κ3) is 5.63. The van der Waals surface area contributed by atoms with Crippen molar-refractivity contribution in [1.82, 2.24) is 16.0 Å². The van der Waals surface area contributed by atoms with Gasteiger partial charge in [-0.2, -0.15) is 0 Å². The van der Waals surface area contributed by atoms with Gasteiger partial charge in [-0.3, -0.25) is 9.79 Å². The molecule has 138 valence electrons. The van der Waals surface area contributed by atoms with Crippen LogP contribution in [-0.2, 0) is 10.2 Å². The number of nitrogens with zero attached hydrogens (tertiary/aromatic N) is 1. The maximum absolute atomic E-state index is 11.9.